The van der Waals surface area contributed by atoms with E-state index in [0.717, 1.165) is 0 Å². The zero-order valence-electron chi connectivity index (χ0n) is 13.0. The Bertz CT molecular complexity index is 845. The van der Waals surface area contributed by atoms with Gasteiger partial charge in [0.25, 0.3) is 0 Å². The van der Waals surface area contributed by atoms with Gasteiger partial charge >= 0.3 is 5.97 Å². The van der Waals surface area contributed by atoms with Gasteiger partial charge in [-0.2, -0.15) is 10.4 Å². The summed E-state index contributed by atoms with van der Waals surface area (Å²) in [6.07, 6.45) is -1.06. The van der Waals surface area contributed by atoms with E-state index in [1.54, 1.807) is 24.7 Å². The van der Waals surface area contributed by atoms with Gasteiger partial charge in [-0.15, -0.1) is 0 Å². The van der Waals surface area contributed by atoms with Crippen molar-refractivity contribution < 1.29 is 14.6 Å². The zero-order valence-corrected chi connectivity index (χ0v) is 15.3. The minimum atomic E-state index is -1.11. The number of hydrogen-bond donors (Lipinski definition) is 1. The highest BCUT2D eigenvalue weighted by molar-refractivity contribution is 7.99. The molecule has 1 atom stereocenters. The van der Waals surface area contributed by atoms with Gasteiger partial charge in [0.1, 0.15) is 22.4 Å². The van der Waals surface area contributed by atoms with Gasteiger partial charge in [0, 0.05) is 11.9 Å². The van der Waals surface area contributed by atoms with Crippen molar-refractivity contribution in [3.63, 3.8) is 0 Å². The smallest absolute Gasteiger partial charge is 0.344 e. The largest absolute Gasteiger partial charge is 0.479 e. The number of rotatable bonds is 5. The molecule has 1 heterocycles. The van der Waals surface area contributed by atoms with Crippen LogP contribution in [-0.2, 0) is 11.8 Å². The number of aromatic nitrogens is 2. The molecule has 0 aliphatic heterocycles. The number of nitrogens with zero attached hydrogens (tertiary/aromatic N) is 3. The Morgan fingerprint density at radius 2 is 2.12 bits per heavy atom. The topological polar surface area (TPSA) is 88.1 Å². The van der Waals surface area contributed by atoms with Crippen LogP contribution in [0.1, 0.15) is 18.2 Å². The van der Waals surface area contributed by atoms with E-state index in [0.29, 0.717) is 26.2 Å². The lowest BCUT2D eigenvalue weighted by Crippen LogP contribution is -2.23. The van der Waals surface area contributed by atoms with Gasteiger partial charge in [0.05, 0.1) is 15.7 Å². The number of halogens is 2. The van der Waals surface area contributed by atoms with Crippen molar-refractivity contribution in [3.8, 4) is 11.8 Å². The van der Waals surface area contributed by atoms with Gasteiger partial charge in [-0.25, -0.2) is 4.79 Å². The number of nitriles is 1. The van der Waals surface area contributed by atoms with E-state index >= 15 is 0 Å². The van der Waals surface area contributed by atoms with Crippen molar-refractivity contribution >= 4 is 40.9 Å². The first-order valence-corrected chi connectivity index (χ1v) is 8.31. The molecule has 0 spiro atoms. The van der Waals surface area contributed by atoms with E-state index in [9.17, 15) is 10.1 Å². The first-order chi connectivity index (χ1) is 11.2. The highest BCUT2D eigenvalue weighted by atomic mass is 35.5. The van der Waals surface area contributed by atoms with Crippen molar-refractivity contribution in [2.24, 2.45) is 7.05 Å². The van der Waals surface area contributed by atoms with Gasteiger partial charge in [-0.05, 0) is 26.0 Å². The summed E-state index contributed by atoms with van der Waals surface area (Å²) in [6.45, 7) is 3.15. The summed E-state index contributed by atoms with van der Waals surface area (Å²) in [4.78, 5) is 11.5. The van der Waals surface area contributed by atoms with E-state index in [4.69, 9.17) is 33.0 Å². The maximum absolute atomic E-state index is 10.9. The summed E-state index contributed by atoms with van der Waals surface area (Å²) in [5, 5.41) is 23.6. The highest BCUT2D eigenvalue weighted by Crippen LogP contribution is 2.41. The molecule has 0 saturated carbocycles. The molecule has 1 N–H and O–H groups in total. The summed E-state index contributed by atoms with van der Waals surface area (Å²) in [7, 11) is 1.73. The van der Waals surface area contributed by atoms with Crippen LogP contribution in [0.15, 0.2) is 22.1 Å². The number of ether oxygens (including phenoxy) is 1. The Balaban J connectivity index is 2.41. The lowest BCUT2D eigenvalue weighted by Gasteiger charge is -2.14. The lowest BCUT2D eigenvalue weighted by atomic mass is 10.3. The monoisotopic (exact) mass is 385 g/mol. The van der Waals surface area contributed by atoms with Crippen LogP contribution < -0.4 is 4.74 Å². The van der Waals surface area contributed by atoms with E-state index < -0.39 is 12.1 Å². The van der Waals surface area contributed by atoms with E-state index in [1.165, 1.54) is 24.8 Å². The second-order valence-corrected chi connectivity index (χ2v) is 6.76. The van der Waals surface area contributed by atoms with Crippen LogP contribution in [0.5, 0.6) is 5.75 Å². The molecule has 1 aromatic heterocycles. The number of carboxylic acids is 1. The average molecular weight is 386 g/mol. The normalized spacial score (nSPS) is 11.8. The number of carbonyl (C=O) groups is 1. The molecule has 0 radical (unpaired) electrons. The molecular formula is C15H13Cl2N3O3S. The van der Waals surface area contributed by atoms with Gasteiger partial charge in [-0.3, -0.25) is 4.68 Å². The molecule has 0 aliphatic rings. The third-order valence-corrected chi connectivity index (χ3v) is 5.07. The molecule has 24 heavy (non-hydrogen) atoms. The van der Waals surface area contributed by atoms with Crippen molar-refractivity contribution in [2.75, 3.05) is 0 Å². The van der Waals surface area contributed by atoms with Gasteiger partial charge < -0.3 is 9.84 Å². The second-order valence-electron chi connectivity index (χ2n) is 4.91. The fraction of sp³-hybridized carbons (Fsp3) is 0.267. The molecule has 0 aliphatic carbocycles. The predicted molar refractivity (Wildman–Crippen MR) is 91.0 cm³/mol. The van der Waals surface area contributed by atoms with Crippen LogP contribution in [-0.4, -0.2) is 27.0 Å². The standard InChI is InChI=1S/C15H13Cl2N3O3S/c1-7-9(6-18)14(20(3)19-7)24-13-5-12(10(16)4-11(13)17)23-8(2)15(21)22/h4-5,8H,1-3H3,(H,21,22)/t8-/m0/s1. The van der Waals surface area contributed by atoms with Crippen LogP contribution in [0.4, 0.5) is 0 Å². The first-order valence-electron chi connectivity index (χ1n) is 6.74. The quantitative estimate of drug-likeness (QED) is 0.838. The van der Waals surface area contributed by atoms with Crippen molar-refractivity contribution in [1.29, 1.82) is 5.26 Å². The molecule has 0 fully saturated rings. The maximum atomic E-state index is 10.9. The van der Waals surface area contributed by atoms with Crippen LogP contribution in [0, 0.1) is 18.3 Å². The summed E-state index contributed by atoms with van der Waals surface area (Å²) in [5.41, 5.74) is 1.07. The Hall–Kier alpha value is -1.88. The Kier molecular flexibility index (Phi) is 5.65. The van der Waals surface area contributed by atoms with Gasteiger partial charge in [-0.1, -0.05) is 35.0 Å². The average Bonchev–Trinajstić information content (AvgIpc) is 2.77. The highest BCUT2D eigenvalue weighted by Gasteiger charge is 2.19. The second kappa shape index (κ2) is 7.34. The van der Waals surface area contributed by atoms with Crippen molar-refractivity contribution in [2.45, 2.75) is 29.9 Å². The lowest BCUT2D eigenvalue weighted by molar-refractivity contribution is -0.144. The molecule has 126 valence electrons. The first kappa shape index (κ1) is 18.5. The van der Waals surface area contributed by atoms with Gasteiger partial charge in [0.2, 0.25) is 0 Å². The molecule has 0 bridgehead atoms. The van der Waals surface area contributed by atoms with Crippen molar-refractivity contribution in [1.82, 2.24) is 9.78 Å². The Morgan fingerprint density at radius 3 is 2.71 bits per heavy atom. The fourth-order valence-corrected chi connectivity index (χ4v) is 3.45. The molecule has 6 nitrogen and oxygen atoms in total. The van der Waals surface area contributed by atoms with Gasteiger partial charge in [0.15, 0.2) is 6.10 Å². The zero-order chi connectivity index (χ0) is 18.0. The molecular weight excluding hydrogens is 373 g/mol. The summed E-state index contributed by atoms with van der Waals surface area (Å²) < 4.78 is 6.93. The van der Waals surface area contributed by atoms with E-state index in [-0.39, 0.29) is 10.8 Å². The van der Waals surface area contributed by atoms with E-state index in [2.05, 4.69) is 11.2 Å². The molecule has 2 aromatic rings. The summed E-state index contributed by atoms with van der Waals surface area (Å²) in [5.74, 6) is -0.903. The number of benzene rings is 1. The summed E-state index contributed by atoms with van der Waals surface area (Å²) in [6, 6.07) is 5.15. The minimum absolute atomic E-state index is 0.205. The number of aliphatic carboxylic acids is 1. The van der Waals surface area contributed by atoms with Crippen LogP contribution in [0.25, 0.3) is 0 Å². The molecule has 0 amide bonds. The Morgan fingerprint density at radius 1 is 1.46 bits per heavy atom. The molecule has 2 rings (SSSR count). The third-order valence-electron chi connectivity index (χ3n) is 3.13. The number of hydrogen-bond acceptors (Lipinski definition) is 5. The third kappa shape index (κ3) is 3.78. The molecule has 1 aromatic carbocycles. The minimum Gasteiger partial charge on any atom is -0.479 e. The maximum Gasteiger partial charge on any atom is 0.344 e. The molecule has 0 saturated heterocycles. The summed E-state index contributed by atoms with van der Waals surface area (Å²) >= 11 is 13.5. The predicted octanol–water partition coefficient (Wildman–Crippen LogP) is 3.91. The van der Waals surface area contributed by atoms with E-state index in [1.807, 2.05) is 0 Å². The number of aryl methyl sites for hydroxylation is 2. The molecule has 9 heteroatoms. The SMILES string of the molecule is Cc1nn(C)c(Sc2cc(O[C@@H](C)C(=O)O)c(Cl)cc2Cl)c1C#N. The fourth-order valence-electron chi connectivity index (χ4n) is 1.91. The Labute approximate surface area is 152 Å². The van der Waals surface area contributed by atoms with Crippen molar-refractivity contribution in [3.05, 3.63) is 33.4 Å². The number of carboxylic acid groups (broad SMARTS) is 1. The van der Waals surface area contributed by atoms with Crippen LogP contribution in [0.3, 0.4) is 0 Å². The molecule has 0 unspecified atom stereocenters. The van der Waals surface area contributed by atoms with Crippen LogP contribution in [0.2, 0.25) is 10.0 Å². The van der Waals surface area contributed by atoms with Crippen LogP contribution >= 0.6 is 35.0 Å².